The predicted octanol–water partition coefficient (Wildman–Crippen LogP) is 0.926. The Hall–Kier alpha value is -1.49. The molecule has 0 unspecified atom stereocenters. The molecule has 5 nitrogen and oxygen atoms in total. The zero-order chi connectivity index (χ0) is 11.3. The average molecular weight is 210 g/mol. The Morgan fingerprint density at radius 2 is 2.33 bits per heavy atom. The minimum Gasteiger partial charge on any atom is -0.478 e. The third kappa shape index (κ3) is 2.99. The van der Waals surface area contributed by atoms with Crippen molar-refractivity contribution < 1.29 is 14.6 Å². The fourth-order valence-corrected chi connectivity index (χ4v) is 1.22. The molecule has 0 radical (unpaired) electrons. The smallest absolute Gasteiger partial charge is 0.339 e. The van der Waals surface area contributed by atoms with Gasteiger partial charge in [-0.3, -0.25) is 0 Å². The summed E-state index contributed by atoms with van der Waals surface area (Å²) in [5, 5.41) is 8.86. The molecule has 0 saturated heterocycles. The molecule has 0 atom stereocenters. The highest BCUT2D eigenvalue weighted by Crippen LogP contribution is 2.06. The summed E-state index contributed by atoms with van der Waals surface area (Å²) in [5.74, 6) is -0.358. The number of aromatic nitrogens is 2. The maximum Gasteiger partial charge on any atom is 0.339 e. The molecule has 0 amide bonds. The van der Waals surface area contributed by atoms with Gasteiger partial charge in [-0.05, 0) is 6.42 Å². The van der Waals surface area contributed by atoms with Gasteiger partial charge in [-0.25, -0.2) is 14.8 Å². The second-order valence-electron chi connectivity index (χ2n) is 3.05. The van der Waals surface area contributed by atoms with Crippen molar-refractivity contribution in [2.75, 3.05) is 13.7 Å². The first kappa shape index (κ1) is 11.6. The van der Waals surface area contributed by atoms with E-state index in [9.17, 15) is 4.79 Å². The molecule has 0 spiro atoms. The molecule has 0 aliphatic heterocycles. The van der Waals surface area contributed by atoms with Crippen molar-refractivity contribution in [1.29, 1.82) is 0 Å². The van der Waals surface area contributed by atoms with Gasteiger partial charge >= 0.3 is 5.97 Å². The third-order valence-corrected chi connectivity index (χ3v) is 2.01. The minimum atomic E-state index is -0.981. The van der Waals surface area contributed by atoms with Crippen LogP contribution in [0.5, 0.6) is 0 Å². The SMILES string of the molecule is CCc1nc(CCOC)ncc1C(=O)O. The quantitative estimate of drug-likeness (QED) is 0.782. The number of methoxy groups -OCH3 is 1. The van der Waals surface area contributed by atoms with Gasteiger partial charge in [-0.1, -0.05) is 6.92 Å². The van der Waals surface area contributed by atoms with Gasteiger partial charge in [0.15, 0.2) is 0 Å². The molecule has 1 aromatic rings. The van der Waals surface area contributed by atoms with Crippen LogP contribution in [0.15, 0.2) is 6.20 Å². The summed E-state index contributed by atoms with van der Waals surface area (Å²) < 4.78 is 4.90. The van der Waals surface area contributed by atoms with Crippen molar-refractivity contribution in [2.24, 2.45) is 0 Å². The summed E-state index contributed by atoms with van der Waals surface area (Å²) in [5.41, 5.74) is 0.752. The van der Waals surface area contributed by atoms with Crippen LogP contribution in [0.3, 0.4) is 0 Å². The lowest BCUT2D eigenvalue weighted by Gasteiger charge is -2.04. The molecule has 82 valence electrons. The van der Waals surface area contributed by atoms with Gasteiger partial charge in [-0.2, -0.15) is 0 Å². The van der Waals surface area contributed by atoms with E-state index in [4.69, 9.17) is 9.84 Å². The molecule has 1 heterocycles. The molecule has 0 fully saturated rings. The second kappa shape index (κ2) is 5.41. The molecule has 0 aliphatic rings. The van der Waals surface area contributed by atoms with Crippen molar-refractivity contribution in [1.82, 2.24) is 9.97 Å². The number of nitrogens with zero attached hydrogens (tertiary/aromatic N) is 2. The first-order chi connectivity index (χ1) is 7.19. The van der Waals surface area contributed by atoms with E-state index < -0.39 is 5.97 Å². The van der Waals surface area contributed by atoms with E-state index in [2.05, 4.69) is 9.97 Å². The zero-order valence-corrected chi connectivity index (χ0v) is 8.86. The van der Waals surface area contributed by atoms with Crippen LogP contribution in [0.2, 0.25) is 0 Å². The van der Waals surface area contributed by atoms with Gasteiger partial charge in [0.05, 0.1) is 17.9 Å². The van der Waals surface area contributed by atoms with Crippen LogP contribution in [0.4, 0.5) is 0 Å². The number of carbonyl (C=O) groups is 1. The highest BCUT2D eigenvalue weighted by molar-refractivity contribution is 5.88. The van der Waals surface area contributed by atoms with Crippen LogP contribution in [0, 0.1) is 0 Å². The van der Waals surface area contributed by atoms with Crippen LogP contribution in [-0.4, -0.2) is 34.8 Å². The second-order valence-corrected chi connectivity index (χ2v) is 3.05. The Morgan fingerprint density at radius 1 is 1.60 bits per heavy atom. The van der Waals surface area contributed by atoms with Gasteiger partial charge in [0.25, 0.3) is 0 Å². The highest BCUT2D eigenvalue weighted by Gasteiger charge is 2.11. The predicted molar refractivity (Wildman–Crippen MR) is 53.9 cm³/mol. The fourth-order valence-electron chi connectivity index (χ4n) is 1.22. The molecule has 1 rings (SSSR count). The summed E-state index contributed by atoms with van der Waals surface area (Å²) >= 11 is 0. The highest BCUT2D eigenvalue weighted by atomic mass is 16.5. The lowest BCUT2D eigenvalue weighted by Crippen LogP contribution is -2.09. The number of ether oxygens (including phenoxy) is 1. The van der Waals surface area contributed by atoms with Crippen LogP contribution in [0.1, 0.15) is 28.8 Å². The van der Waals surface area contributed by atoms with Crippen LogP contribution in [0.25, 0.3) is 0 Å². The van der Waals surface area contributed by atoms with E-state index >= 15 is 0 Å². The molecule has 0 aliphatic carbocycles. The number of rotatable bonds is 5. The fraction of sp³-hybridized carbons (Fsp3) is 0.500. The normalized spacial score (nSPS) is 10.3. The number of carboxylic acid groups (broad SMARTS) is 1. The Balaban J connectivity index is 2.92. The van der Waals surface area contributed by atoms with Crippen molar-refractivity contribution in [3.63, 3.8) is 0 Å². The Morgan fingerprint density at radius 3 is 2.87 bits per heavy atom. The summed E-state index contributed by atoms with van der Waals surface area (Å²) in [6.07, 6.45) is 2.55. The molecular weight excluding hydrogens is 196 g/mol. The van der Waals surface area contributed by atoms with Gasteiger partial charge < -0.3 is 9.84 Å². The molecule has 1 N–H and O–H groups in total. The van der Waals surface area contributed by atoms with Gasteiger partial charge in [0, 0.05) is 19.7 Å². The molecular formula is C10H14N2O3. The van der Waals surface area contributed by atoms with Gasteiger partial charge in [0.1, 0.15) is 5.82 Å². The van der Waals surface area contributed by atoms with Crippen LogP contribution < -0.4 is 0 Å². The number of aromatic carboxylic acids is 1. The summed E-state index contributed by atoms with van der Waals surface area (Å²) in [6.45, 7) is 2.41. The Bertz CT molecular complexity index is 353. The van der Waals surface area contributed by atoms with E-state index in [0.717, 1.165) is 0 Å². The standard InChI is InChI=1S/C10H14N2O3/c1-3-8-7(10(13)14)6-11-9(12-8)4-5-15-2/h6H,3-5H2,1-2H3,(H,13,14). The Labute approximate surface area is 88.1 Å². The van der Waals surface area contributed by atoms with E-state index in [1.165, 1.54) is 6.20 Å². The zero-order valence-electron chi connectivity index (χ0n) is 8.86. The maximum absolute atomic E-state index is 10.8. The number of carboxylic acids is 1. The third-order valence-electron chi connectivity index (χ3n) is 2.01. The van der Waals surface area contributed by atoms with E-state index in [0.29, 0.717) is 31.0 Å². The van der Waals surface area contributed by atoms with Crippen LogP contribution >= 0.6 is 0 Å². The summed E-state index contributed by atoms with van der Waals surface area (Å²) in [6, 6.07) is 0. The van der Waals surface area contributed by atoms with Crippen molar-refractivity contribution in [3.05, 3.63) is 23.3 Å². The first-order valence-electron chi connectivity index (χ1n) is 4.76. The van der Waals surface area contributed by atoms with E-state index in [1.54, 1.807) is 7.11 Å². The molecule has 1 aromatic heterocycles. The molecule has 15 heavy (non-hydrogen) atoms. The van der Waals surface area contributed by atoms with Crippen molar-refractivity contribution in [2.45, 2.75) is 19.8 Å². The molecule has 5 heteroatoms. The van der Waals surface area contributed by atoms with Gasteiger partial charge in [0.2, 0.25) is 0 Å². The summed E-state index contributed by atoms with van der Waals surface area (Å²) in [7, 11) is 1.60. The topological polar surface area (TPSA) is 72.3 Å². The summed E-state index contributed by atoms with van der Waals surface area (Å²) in [4.78, 5) is 19.0. The average Bonchev–Trinajstić information content (AvgIpc) is 2.25. The number of aryl methyl sites for hydroxylation is 1. The van der Waals surface area contributed by atoms with Crippen molar-refractivity contribution in [3.8, 4) is 0 Å². The molecule has 0 bridgehead atoms. The van der Waals surface area contributed by atoms with Crippen molar-refractivity contribution >= 4 is 5.97 Å². The molecule has 0 aromatic carbocycles. The lowest BCUT2D eigenvalue weighted by molar-refractivity contribution is 0.0694. The minimum absolute atomic E-state index is 0.179. The first-order valence-corrected chi connectivity index (χ1v) is 4.76. The molecule has 0 saturated carbocycles. The monoisotopic (exact) mass is 210 g/mol. The Kier molecular flexibility index (Phi) is 4.17. The maximum atomic E-state index is 10.8. The van der Waals surface area contributed by atoms with Gasteiger partial charge in [-0.15, -0.1) is 0 Å². The number of hydrogen-bond acceptors (Lipinski definition) is 4. The van der Waals surface area contributed by atoms with E-state index in [1.807, 2.05) is 6.92 Å². The van der Waals surface area contributed by atoms with E-state index in [-0.39, 0.29) is 5.56 Å². The largest absolute Gasteiger partial charge is 0.478 e. The lowest BCUT2D eigenvalue weighted by atomic mass is 10.2. The number of hydrogen-bond donors (Lipinski definition) is 1. The van der Waals surface area contributed by atoms with Crippen LogP contribution in [-0.2, 0) is 17.6 Å².